The van der Waals surface area contributed by atoms with Crippen LogP contribution in [0, 0.1) is 0 Å². The van der Waals surface area contributed by atoms with Crippen LogP contribution in [-0.2, 0) is 16.1 Å². The molecule has 2 fully saturated rings. The first-order valence-electron chi connectivity index (χ1n) is 8.34. The average molecular weight is 379 g/mol. The van der Waals surface area contributed by atoms with E-state index in [1.165, 1.54) is 11.8 Å². The molecule has 2 saturated heterocycles. The Bertz CT molecular complexity index is 700. The number of rotatable bonds is 5. The van der Waals surface area contributed by atoms with E-state index in [1.807, 2.05) is 25.1 Å². The third kappa shape index (κ3) is 4.23. The van der Waals surface area contributed by atoms with Crippen molar-refractivity contribution in [2.24, 2.45) is 0 Å². The van der Waals surface area contributed by atoms with Crippen molar-refractivity contribution >= 4 is 40.3 Å². The van der Waals surface area contributed by atoms with Gasteiger partial charge in [-0.3, -0.25) is 14.6 Å². The molecule has 134 valence electrons. The maximum atomic E-state index is 12.4. The number of nitrogens with zero attached hydrogens (tertiary/aromatic N) is 2. The molecular weight excluding hydrogens is 356 g/mol. The van der Waals surface area contributed by atoms with E-state index in [-0.39, 0.29) is 5.91 Å². The molecule has 0 aliphatic carbocycles. The van der Waals surface area contributed by atoms with Crippen LogP contribution in [0.15, 0.2) is 23.1 Å². The van der Waals surface area contributed by atoms with E-state index in [0.29, 0.717) is 15.8 Å². The Morgan fingerprint density at radius 3 is 2.76 bits per heavy atom. The van der Waals surface area contributed by atoms with E-state index in [9.17, 15) is 4.79 Å². The highest BCUT2D eigenvalue weighted by atomic mass is 32.2. The van der Waals surface area contributed by atoms with Gasteiger partial charge in [0.05, 0.1) is 25.2 Å². The van der Waals surface area contributed by atoms with Gasteiger partial charge in [-0.2, -0.15) is 0 Å². The predicted molar refractivity (Wildman–Crippen MR) is 105 cm³/mol. The Morgan fingerprint density at radius 1 is 1.36 bits per heavy atom. The summed E-state index contributed by atoms with van der Waals surface area (Å²) in [7, 11) is 1.68. The number of ether oxygens (including phenoxy) is 2. The van der Waals surface area contributed by atoms with Gasteiger partial charge in [-0.1, -0.05) is 30.0 Å². The van der Waals surface area contributed by atoms with Crippen LogP contribution < -0.4 is 4.74 Å². The van der Waals surface area contributed by atoms with Crippen molar-refractivity contribution in [2.45, 2.75) is 13.5 Å². The molecule has 0 aromatic heterocycles. The number of benzene rings is 1. The van der Waals surface area contributed by atoms with E-state index in [0.717, 1.165) is 49.7 Å². The monoisotopic (exact) mass is 378 g/mol. The SMILES string of the molecule is CCN1C(=O)/C(=C\c2ccc(OC)c(CN3CCOCC3)c2)SC1=S. The maximum absolute atomic E-state index is 12.4. The maximum Gasteiger partial charge on any atom is 0.266 e. The summed E-state index contributed by atoms with van der Waals surface area (Å²) in [5.41, 5.74) is 2.10. The van der Waals surface area contributed by atoms with E-state index in [2.05, 4.69) is 11.0 Å². The fourth-order valence-electron chi connectivity index (χ4n) is 2.94. The number of likely N-dealkylation sites (N-methyl/N-ethyl adjacent to an activating group) is 1. The van der Waals surface area contributed by atoms with Crippen LogP contribution in [0.5, 0.6) is 5.75 Å². The highest BCUT2D eigenvalue weighted by Crippen LogP contribution is 2.33. The molecule has 0 bridgehead atoms. The molecule has 0 spiro atoms. The molecule has 1 amide bonds. The minimum atomic E-state index is -0.0111. The normalized spacial score (nSPS) is 20.6. The number of hydrogen-bond donors (Lipinski definition) is 0. The average Bonchev–Trinajstić information content (AvgIpc) is 2.89. The van der Waals surface area contributed by atoms with E-state index >= 15 is 0 Å². The van der Waals surface area contributed by atoms with Crippen LogP contribution in [0.2, 0.25) is 0 Å². The fourth-order valence-corrected chi connectivity index (χ4v) is 4.32. The van der Waals surface area contributed by atoms with Crippen LogP contribution >= 0.6 is 24.0 Å². The van der Waals surface area contributed by atoms with Gasteiger partial charge in [0.25, 0.3) is 5.91 Å². The van der Waals surface area contributed by atoms with Gasteiger partial charge in [0.1, 0.15) is 10.1 Å². The molecule has 7 heteroatoms. The summed E-state index contributed by atoms with van der Waals surface area (Å²) < 4.78 is 11.5. The van der Waals surface area contributed by atoms with Gasteiger partial charge in [0.15, 0.2) is 0 Å². The van der Waals surface area contributed by atoms with Gasteiger partial charge < -0.3 is 9.47 Å². The minimum absolute atomic E-state index is 0.0111. The zero-order valence-corrected chi connectivity index (χ0v) is 16.1. The summed E-state index contributed by atoms with van der Waals surface area (Å²) in [5, 5.41) is 0. The zero-order chi connectivity index (χ0) is 17.8. The first kappa shape index (κ1) is 18.4. The molecule has 0 radical (unpaired) electrons. The van der Waals surface area contributed by atoms with Crippen LogP contribution in [0.1, 0.15) is 18.1 Å². The Morgan fingerprint density at radius 2 is 2.12 bits per heavy atom. The lowest BCUT2D eigenvalue weighted by Gasteiger charge is -2.27. The Hall–Kier alpha value is -1.41. The number of carbonyl (C=O) groups is 1. The first-order valence-corrected chi connectivity index (χ1v) is 9.57. The molecule has 25 heavy (non-hydrogen) atoms. The Labute approximate surface area is 157 Å². The summed E-state index contributed by atoms with van der Waals surface area (Å²) in [4.78, 5) is 17.0. The van der Waals surface area contributed by atoms with Crippen molar-refractivity contribution in [3.05, 3.63) is 34.2 Å². The molecule has 2 aliphatic rings. The molecule has 5 nitrogen and oxygen atoms in total. The minimum Gasteiger partial charge on any atom is -0.496 e. The zero-order valence-electron chi connectivity index (χ0n) is 14.5. The molecule has 0 unspecified atom stereocenters. The topological polar surface area (TPSA) is 42.0 Å². The lowest BCUT2D eigenvalue weighted by Crippen LogP contribution is -2.35. The highest BCUT2D eigenvalue weighted by Gasteiger charge is 2.30. The molecular formula is C18H22N2O3S2. The number of hydrogen-bond acceptors (Lipinski definition) is 6. The first-order chi connectivity index (χ1) is 12.1. The summed E-state index contributed by atoms with van der Waals surface area (Å²) in [6, 6.07) is 6.02. The van der Waals surface area contributed by atoms with Crippen LogP contribution in [-0.4, -0.2) is 60.0 Å². The van der Waals surface area contributed by atoms with Gasteiger partial charge in [0.2, 0.25) is 0 Å². The second-order valence-electron chi connectivity index (χ2n) is 5.89. The smallest absolute Gasteiger partial charge is 0.266 e. The summed E-state index contributed by atoms with van der Waals surface area (Å²) in [5.74, 6) is 0.854. The second kappa shape index (κ2) is 8.31. The lowest BCUT2D eigenvalue weighted by atomic mass is 10.1. The van der Waals surface area contributed by atoms with Gasteiger partial charge >= 0.3 is 0 Å². The Balaban J connectivity index is 1.82. The van der Waals surface area contributed by atoms with Crippen LogP contribution in [0.25, 0.3) is 6.08 Å². The largest absolute Gasteiger partial charge is 0.496 e. The number of thioether (sulfide) groups is 1. The number of methoxy groups -OCH3 is 1. The van der Waals surface area contributed by atoms with Gasteiger partial charge in [-0.15, -0.1) is 0 Å². The van der Waals surface area contributed by atoms with E-state index in [1.54, 1.807) is 12.0 Å². The van der Waals surface area contributed by atoms with Crippen molar-refractivity contribution < 1.29 is 14.3 Å². The van der Waals surface area contributed by atoms with Crippen LogP contribution in [0.3, 0.4) is 0 Å². The van der Waals surface area contributed by atoms with Crippen molar-refractivity contribution in [3.8, 4) is 5.75 Å². The standard InChI is InChI=1S/C18H22N2O3S2/c1-3-20-17(21)16(25-18(20)24)11-13-4-5-15(22-2)14(10-13)12-19-6-8-23-9-7-19/h4-5,10-11H,3,6-9,12H2,1-2H3/b16-11+. The number of thiocarbonyl (C=S) groups is 1. The second-order valence-corrected chi connectivity index (χ2v) is 7.56. The van der Waals surface area contributed by atoms with Gasteiger partial charge in [0, 0.05) is 31.7 Å². The highest BCUT2D eigenvalue weighted by molar-refractivity contribution is 8.26. The number of carbonyl (C=O) groups excluding carboxylic acids is 1. The van der Waals surface area contributed by atoms with Crippen molar-refractivity contribution in [1.82, 2.24) is 9.80 Å². The molecule has 2 heterocycles. The number of morpholine rings is 1. The summed E-state index contributed by atoms with van der Waals surface area (Å²) in [6.45, 7) is 6.71. The molecule has 3 rings (SSSR count). The third-order valence-electron chi connectivity index (χ3n) is 4.29. The van der Waals surface area contributed by atoms with Gasteiger partial charge in [-0.25, -0.2) is 0 Å². The quantitative estimate of drug-likeness (QED) is 0.580. The van der Waals surface area contributed by atoms with Gasteiger partial charge in [-0.05, 0) is 30.7 Å². The summed E-state index contributed by atoms with van der Waals surface area (Å²) in [6.07, 6.45) is 1.91. The lowest BCUT2D eigenvalue weighted by molar-refractivity contribution is -0.121. The molecule has 0 atom stereocenters. The molecule has 1 aromatic carbocycles. The van der Waals surface area contributed by atoms with E-state index in [4.69, 9.17) is 21.7 Å². The number of amides is 1. The van der Waals surface area contributed by atoms with Crippen LogP contribution in [0.4, 0.5) is 0 Å². The molecule has 0 saturated carbocycles. The molecule has 1 aromatic rings. The van der Waals surface area contributed by atoms with Crippen molar-refractivity contribution in [1.29, 1.82) is 0 Å². The predicted octanol–water partition coefficient (Wildman–Crippen LogP) is 2.75. The van der Waals surface area contributed by atoms with Crippen molar-refractivity contribution in [2.75, 3.05) is 40.0 Å². The summed E-state index contributed by atoms with van der Waals surface area (Å²) >= 11 is 6.64. The fraction of sp³-hybridized carbons (Fsp3) is 0.444. The Kier molecular flexibility index (Phi) is 6.11. The van der Waals surface area contributed by atoms with Crippen molar-refractivity contribution in [3.63, 3.8) is 0 Å². The molecule has 2 aliphatic heterocycles. The van der Waals surface area contributed by atoms with E-state index < -0.39 is 0 Å². The third-order valence-corrected chi connectivity index (χ3v) is 5.67. The molecule has 0 N–H and O–H groups in total.